The van der Waals surface area contributed by atoms with E-state index in [4.69, 9.17) is 5.10 Å². The fraction of sp³-hybridized carbons (Fsp3) is 0.500. The molecule has 1 amide bonds. The number of amides is 1. The maximum absolute atomic E-state index is 12.7. The normalized spacial score (nSPS) is 18.5. The van der Waals surface area contributed by atoms with Crippen LogP contribution in [0.3, 0.4) is 0 Å². The van der Waals surface area contributed by atoms with Gasteiger partial charge in [0.05, 0.1) is 11.4 Å². The number of para-hydroxylation sites is 1. The minimum absolute atomic E-state index is 0. The van der Waals surface area contributed by atoms with E-state index in [-0.39, 0.29) is 24.2 Å². The zero-order valence-corrected chi connectivity index (χ0v) is 15.8. The van der Waals surface area contributed by atoms with Crippen LogP contribution in [0.5, 0.6) is 0 Å². The number of nitrogens with zero attached hydrogens (tertiary/aromatic N) is 2. The second kappa shape index (κ2) is 8.69. The molecule has 2 aliphatic rings. The van der Waals surface area contributed by atoms with Crippen molar-refractivity contribution < 1.29 is 4.79 Å². The zero-order chi connectivity index (χ0) is 17.1. The van der Waals surface area contributed by atoms with Crippen LogP contribution in [0.2, 0.25) is 0 Å². The first-order valence-electron chi connectivity index (χ1n) is 9.48. The molecule has 1 saturated carbocycles. The van der Waals surface area contributed by atoms with Crippen LogP contribution >= 0.6 is 12.4 Å². The van der Waals surface area contributed by atoms with Gasteiger partial charge in [-0.25, -0.2) is 4.68 Å². The van der Waals surface area contributed by atoms with Crippen molar-refractivity contribution in [1.29, 1.82) is 0 Å². The molecule has 2 heterocycles. The molecular formula is C20H27ClN4O. The molecule has 1 aromatic carbocycles. The van der Waals surface area contributed by atoms with Crippen molar-refractivity contribution in [1.82, 2.24) is 15.1 Å². The molecule has 0 spiro atoms. The second-order valence-electron chi connectivity index (χ2n) is 7.20. The number of carbonyl (C=O) groups excluding carboxylic acids is 1. The Morgan fingerprint density at radius 1 is 1.08 bits per heavy atom. The van der Waals surface area contributed by atoms with Crippen molar-refractivity contribution in [2.75, 3.05) is 18.4 Å². The Hall–Kier alpha value is -1.85. The maximum atomic E-state index is 12.7. The molecule has 2 aromatic rings. The van der Waals surface area contributed by atoms with Gasteiger partial charge in [-0.3, -0.25) is 4.79 Å². The van der Waals surface area contributed by atoms with Crippen molar-refractivity contribution in [3.05, 3.63) is 42.1 Å². The van der Waals surface area contributed by atoms with E-state index in [1.54, 1.807) is 0 Å². The van der Waals surface area contributed by atoms with Gasteiger partial charge >= 0.3 is 0 Å². The van der Waals surface area contributed by atoms with Gasteiger partial charge in [-0.1, -0.05) is 31.0 Å². The molecule has 0 unspecified atom stereocenters. The predicted molar refractivity (Wildman–Crippen MR) is 106 cm³/mol. The Balaban J connectivity index is 0.00000196. The smallest absolute Gasteiger partial charge is 0.228 e. The Kier molecular flexibility index (Phi) is 6.33. The van der Waals surface area contributed by atoms with Gasteiger partial charge in [0, 0.05) is 17.9 Å². The molecule has 0 atom stereocenters. The maximum Gasteiger partial charge on any atom is 0.228 e. The van der Waals surface area contributed by atoms with Crippen molar-refractivity contribution in [2.24, 2.45) is 5.92 Å². The van der Waals surface area contributed by atoms with Crippen LogP contribution in [0.1, 0.15) is 50.1 Å². The van der Waals surface area contributed by atoms with Crippen molar-refractivity contribution in [3.8, 4) is 5.69 Å². The molecule has 5 nitrogen and oxygen atoms in total. The van der Waals surface area contributed by atoms with Gasteiger partial charge in [-0.05, 0) is 50.9 Å². The number of piperidine rings is 1. The van der Waals surface area contributed by atoms with E-state index in [0.29, 0.717) is 5.92 Å². The number of anilines is 1. The zero-order valence-electron chi connectivity index (χ0n) is 15.0. The lowest BCUT2D eigenvalue weighted by Gasteiger charge is -2.21. The average Bonchev–Trinajstić information content (AvgIpc) is 3.33. The summed E-state index contributed by atoms with van der Waals surface area (Å²) in [5.74, 6) is 1.54. The number of hydrogen-bond acceptors (Lipinski definition) is 3. The molecule has 26 heavy (non-hydrogen) atoms. The van der Waals surface area contributed by atoms with Crippen LogP contribution in [0.15, 0.2) is 36.4 Å². The fourth-order valence-corrected chi connectivity index (χ4v) is 3.99. The van der Waals surface area contributed by atoms with Crippen LogP contribution in [-0.4, -0.2) is 28.8 Å². The molecule has 1 saturated heterocycles. The van der Waals surface area contributed by atoms with Gasteiger partial charge in [0.25, 0.3) is 0 Å². The van der Waals surface area contributed by atoms with Gasteiger partial charge in [-0.15, -0.1) is 12.4 Å². The van der Waals surface area contributed by atoms with Crippen LogP contribution in [0, 0.1) is 5.92 Å². The Bertz CT molecular complexity index is 719. The van der Waals surface area contributed by atoms with Gasteiger partial charge in [0.1, 0.15) is 5.82 Å². The quantitative estimate of drug-likeness (QED) is 0.853. The number of rotatable bonds is 4. The van der Waals surface area contributed by atoms with Gasteiger partial charge in [0.15, 0.2) is 0 Å². The lowest BCUT2D eigenvalue weighted by Crippen LogP contribution is -2.35. The second-order valence-corrected chi connectivity index (χ2v) is 7.20. The molecule has 4 rings (SSSR count). The lowest BCUT2D eigenvalue weighted by molar-refractivity contribution is -0.120. The molecule has 140 valence electrons. The van der Waals surface area contributed by atoms with E-state index in [1.807, 2.05) is 35.0 Å². The number of aromatic nitrogens is 2. The van der Waals surface area contributed by atoms with Crippen LogP contribution in [0.25, 0.3) is 5.69 Å². The predicted octanol–water partition coefficient (Wildman–Crippen LogP) is 3.89. The van der Waals surface area contributed by atoms with Gasteiger partial charge < -0.3 is 10.6 Å². The number of benzene rings is 1. The van der Waals surface area contributed by atoms with E-state index < -0.39 is 0 Å². The fourth-order valence-electron chi connectivity index (χ4n) is 3.99. The standard InChI is InChI=1S/C20H26N4O.ClH/c25-20(16-10-12-21-13-11-16)22-19-14-18(15-6-4-5-7-15)23-24(19)17-8-2-1-3-9-17;/h1-3,8-9,14-16,21H,4-7,10-13H2,(H,22,25);1H. The summed E-state index contributed by atoms with van der Waals surface area (Å²) in [6, 6.07) is 12.2. The molecular weight excluding hydrogens is 348 g/mol. The summed E-state index contributed by atoms with van der Waals surface area (Å²) >= 11 is 0. The monoisotopic (exact) mass is 374 g/mol. The first-order chi connectivity index (χ1) is 12.3. The average molecular weight is 375 g/mol. The minimum Gasteiger partial charge on any atom is -0.317 e. The Labute approximate surface area is 161 Å². The highest BCUT2D eigenvalue weighted by molar-refractivity contribution is 5.92. The van der Waals surface area contributed by atoms with Crippen molar-refractivity contribution in [3.63, 3.8) is 0 Å². The SMILES string of the molecule is Cl.O=C(Nc1cc(C2CCCC2)nn1-c1ccccc1)C1CCNCC1. The summed E-state index contributed by atoms with van der Waals surface area (Å²) in [6.45, 7) is 1.84. The number of hydrogen-bond donors (Lipinski definition) is 2. The summed E-state index contributed by atoms with van der Waals surface area (Å²) < 4.78 is 1.90. The van der Waals surface area contributed by atoms with E-state index in [1.165, 1.54) is 25.7 Å². The van der Waals surface area contributed by atoms with Gasteiger partial charge in [0.2, 0.25) is 5.91 Å². The number of halogens is 1. The van der Waals surface area contributed by atoms with E-state index in [0.717, 1.165) is 43.1 Å². The molecule has 2 N–H and O–H groups in total. The summed E-state index contributed by atoms with van der Waals surface area (Å²) in [5.41, 5.74) is 2.11. The summed E-state index contributed by atoms with van der Waals surface area (Å²) in [4.78, 5) is 12.7. The molecule has 6 heteroatoms. The van der Waals surface area contributed by atoms with Crippen molar-refractivity contribution >= 4 is 24.1 Å². The summed E-state index contributed by atoms with van der Waals surface area (Å²) in [5, 5.41) is 11.3. The highest BCUT2D eigenvalue weighted by Gasteiger charge is 2.25. The lowest BCUT2D eigenvalue weighted by atomic mass is 9.97. The largest absolute Gasteiger partial charge is 0.317 e. The van der Waals surface area contributed by atoms with E-state index in [9.17, 15) is 4.79 Å². The molecule has 2 fully saturated rings. The van der Waals surface area contributed by atoms with E-state index >= 15 is 0 Å². The molecule has 0 bridgehead atoms. The highest BCUT2D eigenvalue weighted by Crippen LogP contribution is 2.35. The van der Waals surface area contributed by atoms with Crippen LogP contribution in [0.4, 0.5) is 5.82 Å². The Morgan fingerprint density at radius 2 is 1.77 bits per heavy atom. The summed E-state index contributed by atoms with van der Waals surface area (Å²) in [7, 11) is 0. The number of carbonyl (C=O) groups is 1. The van der Waals surface area contributed by atoms with Crippen LogP contribution in [-0.2, 0) is 4.79 Å². The highest BCUT2D eigenvalue weighted by atomic mass is 35.5. The van der Waals surface area contributed by atoms with Crippen molar-refractivity contribution in [2.45, 2.75) is 44.4 Å². The topological polar surface area (TPSA) is 59.0 Å². The Morgan fingerprint density at radius 3 is 2.46 bits per heavy atom. The third kappa shape index (κ3) is 4.10. The first kappa shape index (κ1) is 18.9. The molecule has 1 aliphatic heterocycles. The van der Waals surface area contributed by atoms with Gasteiger partial charge in [-0.2, -0.15) is 5.10 Å². The molecule has 0 radical (unpaired) electrons. The number of nitrogens with one attached hydrogen (secondary N) is 2. The summed E-state index contributed by atoms with van der Waals surface area (Å²) in [6.07, 6.45) is 6.77. The molecule has 1 aromatic heterocycles. The van der Waals surface area contributed by atoms with E-state index in [2.05, 4.69) is 16.7 Å². The first-order valence-corrected chi connectivity index (χ1v) is 9.48. The molecule has 1 aliphatic carbocycles. The van der Waals surface area contributed by atoms with Crippen LogP contribution < -0.4 is 10.6 Å². The third-order valence-electron chi connectivity index (χ3n) is 5.46. The minimum atomic E-state index is 0. The third-order valence-corrected chi connectivity index (χ3v) is 5.46.